The van der Waals surface area contributed by atoms with Crippen LogP contribution in [-0.4, -0.2) is 62.0 Å². The quantitative estimate of drug-likeness (QED) is 0.163. The van der Waals surface area contributed by atoms with Crippen molar-refractivity contribution in [3.63, 3.8) is 0 Å². The summed E-state index contributed by atoms with van der Waals surface area (Å²) in [6, 6.07) is 12.5. The molecule has 0 spiro atoms. The third-order valence-electron chi connectivity index (χ3n) is 8.91. The lowest BCUT2D eigenvalue weighted by molar-refractivity contribution is -0.377. The maximum Gasteiger partial charge on any atom is 0.415 e. The molecule has 3 saturated heterocycles. The van der Waals surface area contributed by atoms with Gasteiger partial charge >= 0.3 is 12.1 Å². The number of ether oxygens (including phenoxy) is 4. The highest BCUT2D eigenvalue weighted by atomic mass is 35.5. The second-order valence-electron chi connectivity index (χ2n) is 11.9. The largest absolute Gasteiger partial charge is 0.505 e. The molecule has 2 aromatic heterocycles. The molecule has 3 fully saturated rings. The predicted molar refractivity (Wildman–Crippen MR) is 182 cm³/mol. The van der Waals surface area contributed by atoms with Crippen molar-refractivity contribution in [2.24, 2.45) is 5.92 Å². The number of piperidine rings is 3. The van der Waals surface area contributed by atoms with Gasteiger partial charge in [-0.15, -0.1) is 11.3 Å². The van der Waals surface area contributed by atoms with Crippen LogP contribution in [0.1, 0.15) is 44.6 Å². The first-order valence-corrected chi connectivity index (χ1v) is 17.3. The Labute approximate surface area is 296 Å². The van der Waals surface area contributed by atoms with Crippen molar-refractivity contribution in [1.82, 2.24) is 4.90 Å². The lowest BCUT2D eigenvalue weighted by Crippen LogP contribution is -2.53. The van der Waals surface area contributed by atoms with E-state index in [0.717, 1.165) is 42.2 Å². The number of nitrogens with zero attached hydrogens (tertiary/aromatic N) is 2. The van der Waals surface area contributed by atoms with Gasteiger partial charge in [0, 0.05) is 23.4 Å². The third kappa shape index (κ3) is 7.72. The Kier molecular flexibility index (Phi) is 10.8. The second kappa shape index (κ2) is 15.2. The van der Waals surface area contributed by atoms with E-state index in [1.165, 1.54) is 32.4 Å². The molecule has 5 heterocycles. The number of hydrogen-bond acceptors (Lipinski definition) is 9. The molecule has 14 heteroatoms. The molecule has 258 valence electrons. The number of H-pyrrole nitrogens is 1. The van der Waals surface area contributed by atoms with Gasteiger partial charge < -0.3 is 24.1 Å². The van der Waals surface area contributed by atoms with Gasteiger partial charge in [-0.25, -0.2) is 19.0 Å². The molecule has 0 unspecified atom stereocenters. The molecule has 2 N–H and O–H groups in total. The van der Waals surface area contributed by atoms with Crippen LogP contribution in [0.2, 0.25) is 10.0 Å². The van der Waals surface area contributed by atoms with E-state index >= 15 is 4.39 Å². The van der Waals surface area contributed by atoms with Crippen LogP contribution in [0.3, 0.4) is 0 Å². The molecule has 2 atom stereocenters. The van der Waals surface area contributed by atoms with Gasteiger partial charge in [-0.05, 0) is 73.8 Å². The molecule has 10 nitrogen and oxygen atoms in total. The van der Waals surface area contributed by atoms with E-state index in [4.69, 9.17) is 42.1 Å². The van der Waals surface area contributed by atoms with Crippen LogP contribution >= 0.6 is 34.5 Å². The lowest BCUT2D eigenvalue weighted by atomic mass is 9.86. The van der Waals surface area contributed by atoms with Gasteiger partial charge in [-0.3, -0.25) is 9.80 Å². The van der Waals surface area contributed by atoms with Crippen molar-refractivity contribution in [3.05, 3.63) is 97.7 Å². The monoisotopic (exact) mass is 730 g/mol. The molecule has 0 aliphatic carbocycles. The zero-order valence-corrected chi connectivity index (χ0v) is 29.1. The molecule has 2 aromatic carbocycles. The molecule has 3 aliphatic rings. The number of carbonyl (C=O) groups excluding carboxylic acids is 2. The molecule has 3 aliphatic heterocycles. The Bertz CT molecular complexity index is 1810. The van der Waals surface area contributed by atoms with E-state index in [-0.39, 0.29) is 35.6 Å². The highest BCUT2D eigenvalue weighted by Gasteiger charge is 2.38. The fourth-order valence-electron chi connectivity index (χ4n) is 6.25. The van der Waals surface area contributed by atoms with Crippen molar-refractivity contribution in [2.75, 3.05) is 38.8 Å². The number of hydrogen-bond donors (Lipinski definition) is 1. The molecule has 7 rings (SSSR count). The fraction of sp³-hybridized carbons (Fsp3) is 0.343. The fourth-order valence-corrected chi connectivity index (χ4v) is 7.67. The van der Waals surface area contributed by atoms with E-state index in [0.29, 0.717) is 44.1 Å². The number of carbonyl (C=O) groups is 2. The van der Waals surface area contributed by atoms with Gasteiger partial charge in [0.25, 0.3) is 0 Å². The van der Waals surface area contributed by atoms with Crippen LogP contribution < -0.4 is 19.4 Å². The van der Waals surface area contributed by atoms with Crippen molar-refractivity contribution in [2.45, 2.75) is 38.0 Å². The molecule has 4 aromatic rings. The molecular weight excluding hydrogens is 696 g/mol. The first kappa shape index (κ1) is 34.8. The number of phenolic OH excluding ortho intramolecular Hbond substituents is 1. The number of aromatic amines is 1. The van der Waals surface area contributed by atoms with Gasteiger partial charge in [0.1, 0.15) is 27.1 Å². The van der Waals surface area contributed by atoms with Crippen molar-refractivity contribution in [1.29, 1.82) is 0 Å². The van der Waals surface area contributed by atoms with Crippen LogP contribution in [0.25, 0.3) is 0 Å². The number of nitrogens with one attached hydrogen (secondary N) is 1. The summed E-state index contributed by atoms with van der Waals surface area (Å²) in [5.74, 6) is -0.975. The zero-order valence-electron chi connectivity index (χ0n) is 26.8. The number of aromatic hydroxyl groups is 1. The number of fused-ring (bicyclic) bond motifs is 3. The Morgan fingerprint density at radius 2 is 1.80 bits per heavy atom. The summed E-state index contributed by atoms with van der Waals surface area (Å²) in [6.07, 6.45) is 3.31. The lowest BCUT2D eigenvalue weighted by Gasteiger charge is -2.44. The maximum atomic E-state index is 15.2. The molecule has 0 saturated carbocycles. The topological polar surface area (TPSA) is 112 Å². The molecule has 2 bridgehead atoms. The number of esters is 1. The van der Waals surface area contributed by atoms with Gasteiger partial charge in [-0.2, -0.15) is 0 Å². The standard InChI is InChI=1S/C35H34Cl2FN3O7S/c1-45-28-8-6-21(14-30(28)46-2)29(15-23-24(36)16-39-17-25(23)37)47-34(43)32-9-7-22(49-32)18-41(26-4-3-5-27(42)33(26)38)35(44)48-31-19-40-12-10-20(31)11-13-40/h3-9,14,16-17,20,29,31,42H,10-13,15,18-19H2,1-2H3/p+1/t29-,31-/m0/s1. The number of benzene rings is 2. The summed E-state index contributed by atoms with van der Waals surface area (Å²) < 4.78 is 38.1. The highest BCUT2D eigenvalue weighted by molar-refractivity contribution is 7.14. The van der Waals surface area contributed by atoms with E-state index < -0.39 is 29.7 Å². The van der Waals surface area contributed by atoms with Crippen LogP contribution in [0.5, 0.6) is 17.2 Å². The summed E-state index contributed by atoms with van der Waals surface area (Å²) in [4.78, 5) is 34.4. The summed E-state index contributed by atoms with van der Waals surface area (Å²) in [5.41, 5.74) is 1.06. The van der Waals surface area contributed by atoms with Crippen molar-refractivity contribution >= 4 is 52.3 Å². The van der Waals surface area contributed by atoms with Crippen molar-refractivity contribution < 1.29 is 43.0 Å². The number of methoxy groups -OCH3 is 2. The normalized spacial score (nSPS) is 18.8. The Morgan fingerprint density at radius 1 is 1.06 bits per heavy atom. The number of amides is 1. The smallest absolute Gasteiger partial charge is 0.415 e. The summed E-state index contributed by atoms with van der Waals surface area (Å²) in [5, 5.41) is 10.9. The number of thiophene rings is 1. The SMILES string of the molecule is COc1ccc([C@H](Cc2c(Cl)c[nH+]cc2Cl)OC(=O)c2ccc(CN(C(=O)O[C@H]3CN4CCC3CC4)c3cccc(O)c3F)s2)cc1OC. The van der Waals surface area contributed by atoms with Crippen molar-refractivity contribution in [3.8, 4) is 17.2 Å². The Morgan fingerprint density at radius 3 is 2.47 bits per heavy atom. The molecule has 1 amide bonds. The Hall–Kier alpha value is -4.10. The average Bonchev–Trinajstić information content (AvgIpc) is 3.59. The van der Waals surface area contributed by atoms with Gasteiger partial charge in [0.15, 0.2) is 35.5 Å². The van der Waals surface area contributed by atoms with Crippen LogP contribution in [0, 0.1) is 11.7 Å². The minimum Gasteiger partial charge on any atom is -0.505 e. The highest BCUT2D eigenvalue weighted by Crippen LogP contribution is 2.37. The first-order valence-electron chi connectivity index (χ1n) is 15.7. The maximum absolute atomic E-state index is 15.2. The van der Waals surface area contributed by atoms with Gasteiger partial charge in [0.2, 0.25) is 0 Å². The van der Waals surface area contributed by atoms with E-state index in [1.807, 2.05) is 0 Å². The summed E-state index contributed by atoms with van der Waals surface area (Å²) >= 11 is 14.0. The van der Waals surface area contributed by atoms with Crippen LogP contribution in [-0.2, 0) is 22.4 Å². The van der Waals surface area contributed by atoms with E-state index in [1.54, 1.807) is 42.7 Å². The van der Waals surface area contributed by atoms with E-state index in [2.05, 4.69) is 9.88 Å². The molecule has 49 heavy (non-hydrogen) atoms. The minimum absolute atomic E-state index is 0.108. The zero-order chi connectivity index (χ0) is 34.7. The summed E-state index contributed by atoms with van der Waals surface area (Å²) in [7, 11) is 3.03. The minimum atomic E-state index is -0.946. The molecule has 0 radical (unpaired) electrons. The van der Waals surface area contributed by atoms with Gasteiger partial charge in [-0.1, -0.05) is 35.3 Å². The first-order chi connectivity index (χ1) is 23.6. The van der Waals surface area contributed by atoms with Gasteiger partial charge in [0.05, 0.1) is 26.5 Å². The number of pyridine rings is 1. The van der Waals surface area contributed by atoms with Crippen LogP contribution in [0.15, 0.2) is 60.9 Å². The predicted octanol–water partition coefficient (Wildman–Crippen LogP) is 7.11. The van der Waals surface area contributed by atoms with Crippen LogP contribution in [0.4, 0.5) is 14.9 Å². The number of aromatic nitrogens is 1. The number of anilines is 1. The second-order valence-corrected chi connectivity index (χ2v) is 13.8. The summed E-state index contributed by atoms with van der Waals surface area (Å²) in [6.45, 7) is 2.45. The third-order valence-corrected chi connectivity index (χ3v) is 10.6. The number of phenols is 1. The average molecular weight is 732 g/mol. The number of rotatable bonds is 11. The molecular formula is C35H35Cl2FN3O7S+. The number of halogens is 3. The van der Waals surface area contributed by atoms with E-state index in [9.17, 15) is 14.7 Å². The Balaban J connectivity index is 1.24.